The lowest BCUT2D eigenvalue weighted by atomic mass is 9.85. The van der Waals surface area contributed by atoms with E-state index in [9.17, 15) is 4.79 Å². The predicted molar refractivity (Wildman–Crippen MR) is 111 cm³/mol. The van der Waals surface area contributed by atoms with Gasteiger partial charge in [0, 0.05) is 29.4 Å². The molecule has 0 amide bonds. The molecule has 0 saturated heterocycles. The first-order chi connectivity index (χ1) is 13.8. The number of ketones is 1. The Morgan fingerprint density at radius 1 is 1.03 bits per heavy atom. The molecular weight excluding hydrogens is 368 g/mol. The van der Waals surface area contributed by atoms with Crippen molar-refractivity contribution in [2.24, 2.45) is 0 Å². The topological polar surface area (TPSA) is 74.5 Å². The molecule has 6 nitrogen and oxygen atoms in total. The average Bonchev–Trinajstić information content (AvgIpc) is 3.18. The Hall–Kier alpha value is -2.99. The van der Waals surface area contributed by atoms with Crippen LogP contribution in [0.25, 0.3) is 22.8 Å². The van der Waals surface area contributed by atoms with Gasteiger partial charge in [0.05, 0.1) is 6.61 Å². The van der Waals surface area contributed by atoms with Gasteiger partial charge >= 0.3 is 0 Å². The van der Waals surface area contributed by atoms with Crippen molar-refractivity contribution < 1.29 is 18.8 Å². The van der Waals surface area contributed by atoms with Crippen molar-refractivity contribution in [3.63, 3.8) is 0 Å². The Bertz CT molecular complexity index is 985. The third-order valence-corrected chi connectivity index (χ3v) is 4.56. The Balaban J connectivity index is 1.90. The Morgan fingerprint density at radius 2 is 1.72 bits per heavy atom. The number of carbonyl (C=O) groups is 1. The van der Waals surface area contributed by atoms with Crippen LogP contribution in [-0.2, 0) is 10.2 Å². The highest BCUT2D eigenvalue weighted by Crippen LogP contribution is 2.35. The van der Waals surface area contributed by atoms with Crippen LogP contribution >= 0.6 is 0 Å². The number of Topliss-reactive ketones (excluding diaryl/α,β-unsaturated/α-hetero) is 1. The van der Waals surface area contributed by atoms with Gasteiger partial charge < -0.3 is 14.0 Å². The van der Waals surface area contributed by atoms with Crippen molar-refractivity contribution in [3.8, 4) is 28.6 Å². The molecule has 0 fully saturated rings. The standard InChI is InChI=1S/C23H26N2O4/c1-15(26)16-6-8-17(9-7-16)22-24-21(25-29-22)18-10-11-20(28-13-12-27-5)19(14-18)23(2,3)4/h6-11,14H,12-13H2,1-5H3. The van der Waals surface area contributed by atoms with Gasteiger partial charge in [-0.2, -0.15) is 4.98 Å². The summed E-state index contributed by atoms with van der Waals surface area (Å²) in [6, 6.07) is 13.0. The minimum absolute atomic E-state index is 0.0188. The molecule has 152 valence electrons. The fourth-order valence-corrected chi connectivity index (χ4v) is 2.92. The van der Waals surface area contributed by atoms with Gasteiger partial charge in [-0.25, -0.2) is 0 Å². The van der Waals surface area contributed by atoms with Crippen LogP contribution in [-0.4, -0.2) is 36.2 Å². The number of rotatable bonds is 7. The molecule has 0 radical (unpaired) electrons. The summed E-state index contributed by atoms with van der Waals surface area (Å²) in [4.78, 5) is 16.0. The lowest BCUT2D eigenvalue weighted by molar-refractivity contribution is 0.101. The van der Waals surface area contributed by atoms with Crippen molar-refractivity contribution >= 4 is 5.78 Å². The van der Waals surface area contributed by atoms with Crippen LogP contribution in [0, 0.1) is 0 Å². The number of ether oxygens (including phenoxy) is 2. The zero-order chi connectivity index (χ0) is 21.0. The SMILES string of the molecule is COCCOc1ccc(-c2noc(-c3ccc(C(C)=O)cc3)n2)cc1C(C)(C)C. The van der Waals surface area contributed by atoms with E-state index >= 15 is 0 Å². The Morgan fingerprint density at radius 3 is 2.34 bits per heavy atom. The molecule has 0 atom stereocenters. The van der Waals surface area contributed by atoms with Crippen molar-refractivity contribution in [3.05, 3.63) is 53.6 Å². The van der Waals surface area contributed by atoms with Crippen LogP contribution in [0.4, 0.5) is 0 Å². The number of nitrogens with zero attached hydrogens (tertiary/aromatic N) is 2. The lowest BCUT2D eigenvalue weighted by Gasteiger charge is -2.23. The van der Waals surface area contributed by atoms with E-state index in [0.29, 0.717) is 30.5 Å². The molecule has 3 rings (SSSR count). The van der Waals surface area contributed by atoms with E-state index in [2.05, 4.69) is 30.9 Å². The molecule has 0 aliphatic carbocycles. The molecular formula is C23H26N2O4. The second-order valence-electron chi connectivity index (χ2n) is 7.86. The van der Waals surface area contributed by atoms with Crippen LogP contribution in [0.1, 0.15) is 43.6 Å². The number of hydrogen-bond acceptors (Lipinski definition) is 6. The number of hydrogen-bond donors (Lipinski definition) is 0. The molecule has 0 unspecified atom stereocenters. The van der Waals surface area contributed by atoms with Gasteiger partial charge in [0.2, 0.25) is 5.82 Å². The minimum atomic E-state index is -0.118. The smallest absolute Gasteiger partial charge is 0.258 e. The van der Waals surface area contributed by atoms with Crippen molar-refractivity contribution in [1.29, 1.82) is 0 Å². The molecule has 29 heavy (non-hydrogen) atoms. The van der Waals surface area contributed by atoms with E-state index in [0.717, 1.165) is 22.4 Å². The zero-order valence-electron chi connectivity index (χ0n) is 17.5. The van der Waals surface area contributed by atoms with Crippen LogP contribution in [0.2, 0.25) is 0 Å². The first-order valence-corrected chi connectivity index (χ1v) is 9.51. The van der Waals surface area contributed by atoms with Gasteiger partial charge in [-0.15, -0.1) is 0 Å². The van der Waals surface area contributed by atoms with Gasteiger partial charge in [-0.1, -0.05) is 38.1 Å². The highest BCUT2D eigenvalue weighted by Gasteiger charge is 2.21. The molecule has 1 aromatic heterocycles. The molecule has 3 aromatic rings. The highest BCUT2D eigenvalue weighted by molar-refractivity contribution is 5.94. The first kappa shape index (κ1) is 20.7. The second-order valence-corrected chi connectivity index (χ2v) is 7.86. The quantitative estimate of drug-likeness (QED) is 0.418. The number of aromatic nitrogens is 2. The van der Waals surface area contributed by atoms with Crippen molar-refractivity contribution in [2.45, 2.75) is 33.1 Å². The molecule has 2 aromatic carbocycles. The normalized spacial score (nSPS) is 11.5. The fourth-order valence-electron chi connectivity index (χ4n) is 2.92. The fraction of sp³-hybridized carbons (Fsp3) is 0.348. The summed E-state index contributed by atoms with van der Waals surface area (Å²) in [5.74, 6) is 1.75. The van der Waals surface area contributed by atoms with Crippen LogP contribution < -0.4 is 4.74 Å². The van der Waals surface area contributed by atoms with E-state index in [1.807, 2.05) is 18.2 Å². The molecule has 0 saturated carbocycles. The summed E-state index contributed by atoms with van der Waals surface area (Å²) >= 11 is 0. The lowest BCUT2D eigenvalue weighted by Crippen LogP contribution is -2.15. The largest absolute Gasteiger partial charge is 0.491 e. The van der Waals surface area contributed by atoms with E-state index < -0.39 is 0 Å². The summed E-state index contributed by atoms with van der Waals surface area (Å²) in [7, 11) is 1.65. The zero-order valence-corrected chi connectivity index (χ0v) is 17.5. The summed E-state index contributed by atoms with van der Waals surface area (Å²) < 4.78 is 16.4. The molecule has 1 heterocycles. The summed E-state index contributed by atoms with van der Waals surface area (Å²) in [5.41, 5.74) is 3.21. The van der Waals surface area contributed by atoms with Gasteiger partial charge in [-0.3, -0.25) is 4.79 Å². The van der Waals surface area contributed by atoms with E-state index in [1.54, 1.807) is 31.4 Å². The molecule has 0 aliphatic rings. The average molecular weight is 394 g/mol. The highest BCUT2D eigenvalue weighted by atomic mass is 16.5. The molecule has 0 spiro atoms. The third kappa shape index (κ3) is 4.90. The monoisotopic (exact) mass is 394 g/mol. The summed E-state index contributed by atoms with van der Waals surface area (Å²) in [6.07, 6.45) is 0. The maximum atomic E-state index is 11.4. The van der Waals surface area contributed by atoms with E-state index in [4.69, 9.17) is 14.0 Å². The maximum Gasteiger partial charge on any atom is 0.258 e. The van der Waals surface area contributed by atoms with Crippen molar-refractivity contribution in [1.82, 2.24) is 10.1 Å². The third-order valence-electron chi connectivity index (χ3n) is 4.56. The van der Waals surface area contributed by atoms with E-state index in [-0.39, 0.29) is 11.2 Å². The predicted octanol–water partition coefficient (Wildman–Crippen LogP) is 4.93. The first-order valence-electron chi connectivity index (χ1n) is 9.51. The molecule has 6 heteroatoms. The summed E-state index contributed by atoms with van der Waals surface area (Å²) in [6.45, 7) is 8.95. The van der Waals surface area contributed by atoms with Crippen molar-refractivity contribution in [2.75, 3.05) is 20.3 Å². The Labute approximate surface area is 170 Å². The maximum absolute atomic E-state index is 11.4. The number of methoxy groups -OCH3 is 1. The minimum Gasteiger partial charge on any atom is -0.491 e. The summed E-state index contributed by atoms with van der Waals surface area (Å²) in [5, 5.41) is 4.13. The van der Waals surface area contributed by atoms with Crippen LogP contribution in [0.5, 0.6) is 5.75 Å². The van der Waals surface area contributed by atoms with Gasteiger partial charge in [0.15, 0.2) is 5.78 Å². The van der Waals surface area contributed by atoms with Gasteiger partial charge in [0.1, 0.15) is 12.4 Å². The second kappa shape index (κ2) is 8.57. The molecule has 0 aliphatic heterocycles. The molecule has 0 N–H and O–H groups in total. The van der Waals surface area contributed by atoms with E-state index in [1.165, 1.54) is 6.92 Å². The van der Waals surface area contributed by atoms with Gasteiger partial charge in [0.25, 0.3) is 5.89 Å². The van der Waals surface area contributed by atoms with Crippen LogP contribution in [0.3, 0.4) is 0 Å². The molecule has 0 bridgehead atoms. The Kier molecular flexibility index (Phi) is 6.13. The van der Waals surface area contributed by atoms with Gasteiger partial charge in [-0.05, 0) is 42.7 Å². The number of benzene rings is 2. The number of carbonyl (C=O) groups excluding carboxylic acids is 1. The van der Waals surface area contributed by atoms with Crippen LogP contribution in [0.15, 0.2) is 47.0 Å².